The first-order chi connectivity index (χ1) is 4.09. The molecule has 54 valence electrons. The van der Waals surface area contributed by atoms with Crippen molar-refractivity contribution in [3.05, 3.63) is 0 Å². The van der Waals surface area contributed by atoms with Crippen LogP contribution in [0.5, 0.6) is 0 Å². The zero-order valence-corrected chi connectivity index (χ0v) is 7.18. The quantitative estimate of drug-likeness (QED) is 0.681. The molecule has 0 amide bonds. The minimum Gasteiger partial charge on any atom is -0.385 e. The second-order valence-corrected chi connectivity index (χ2v) is 2.85. The van der Waals surface area contributed by atoms with Crippen molar-refractivity contribution in [3.8, 4) is 0 Å². The van der Waals surface area contributed by atoms with E-state index in [4.69, 9.17) is 5.11 Å². The van der Waals surface area contributed by atoms with E-state index >= 15 is 0 Å². The highest BCUT2D eigenvalue weighted by Crippen LogP contribution is 2.03. The molecule has 0 aliphatic carbocycles. The van der Waals surface area contributed by atoms with Gasteiger partial charge in [-0.3, -0.25) is 4.79 Å². The number of aliphatic hydroxyl groups is 1. The standard InChI is InChI=1S/C6H11BrO2/c1-4(2)6(9)5(8)3-7/h4,6,9H,3H2,1-2H3. The number of halogens is 1. The highest BCUT2D eigenvalue weighted by Gasteiger charge is 2.16. The van der Waals surface area contributed by atoms with Crippen molar-refractivity contribution in [3.63, 3.8) is 0 Å². The molecule has 0 heterocycles. The Hall–Kier alpha value is 0.110. The zero-order chi connectivity index (χ0) is 7.44. The molecular weight excluding hydrogens is 184 g/mol. The van der Waals surface area contributed by atoms with Gasteiger partial charge in [-0.05, 0) is 5.92 Å². The van der Waals surface area contributed by atoms with Crippen molar-refractivity contribution in [2.24, 2.45) is 5.92 Å². The smallest absolute Gasteiger partial charge is 0.171 e. The molecule has 0 spiro atoms. The number of rotatable bonds is 3. The van der Waals surface area contributed by atoms with E-state index in [9.17, 15) is 4.79 Å². The van der Waals surface area contributed by atoms with Crippen molar-refractivity contribution in [1.82, 2.24) is 0 Å². The predicted molar refractivity (Wildman–Crippen MR) is 39.6 cm³/mol. The molecule has 1 atom stereocenters. The molecule has 0 radical (unpaired) electrons. The van der Waals surface area contributed by atoms with Gasteiger partial charge in [0.2, 0.25) is 0 Å². The molecule has 0 rings (SSSR count). The van der Waals surface area contributed by atoms with Crippen molar-refractivity contribution < 1.29 is 9.90 Å². The molecular formula is C6H11BrO2. The highest BCUT2D eigenvalue weighted by molar-refractivity contribution is 9.09. The van der Waals surface area contributed by atoms with Gasteiger partial charge in [-0.15, -0.1) is 0 Å². The van der Waals surface area contributed by atoms with E-state index in [0.717, 1.165) is 0 Å². The lowest BCUT2D eigenvalue weighted by atomic mass is 10.1. The summed E-state index contributed by atoms with van der Waals surface area (Å²) in [4.78, 5) is 10.7. The molecule has 0 aromatic heterocycles. The maximum absolute atomic E-state index is 10.7. The Labute approximate surface area is 63.4 Å². The zero-order valence-electron chi connectivity index (χ0n) is 5.60. The molecule has 2 nitrogen and oxygen atoms in total. The molecule has 0 aliphatic rings. The molecule has 1 unspecified atom stereocenters. The van der Waals surface area contributed by atoms with Crippen LogP contribution in [0.2, 0.25) is 0 Å². The summed E-state index contributed by atoms with van der Waals surface area (Å²) >= 11 is 2.97. The number of Topliss-reactive ketones (excluding diaryl/α,β-unsaturated/α-hetero) is 1. The van der Waals surface area contributed by atoms with Gasteiger partial charge in [-0.1, -0.05) is 29.8 Å². The average molecular weight is 195 g/mol. The minimum atomic E-state index is -0.802. The van der Waals surface area contributed by atoms with Gasteiger partial charge in [0.1, 0.15) is 6.10 Å². The summed E-state index contributed by atoms with van der Waals surface area (Å²) in [7, 11) is 0. The minimum absolute atomic E-state index is 0.0232. The van der Waals surface area contributed by atoms with Gasteiger partial charge in [0.15, 0.2) is 5.78 Å². The van der Waals surface area contributed by atoms with Crippen LogP contribution in [-0.4, -0.2) is 22.3 Å². The van der Waals surface area contributed by atoms with Crippen LogP contribution >= 0.6 is 15.9 Å². The Morgan fingerprint density at radius 3 is 2.22 bits per heavy atom. The Morgan fingerprint density at radius 1 is 1.67 bits per heavy atom. The summed E-state index contributed by atoms with van der Waals surface area (Å²) in [6.07, 6.45) is -0.802. The Morgan fingerprint density at radius 2 is 2.11 bits per heavy atom. The van der Waals surface area contributed by atoms with Crippen LogP contribution in [0.1, 0.15) is 13.8 Å². The van der Waals surface area contributed by atoms with Crippen molar-refractivity contribution in [2.45, 2.75) is 20.0 Å². The van der Waals surface area contributed by atoms with Crippen LogP contribution in [0.15, 0.2) is 0 Å². The van der Waals surface area contributed by atoms with Crippen LogP contribution in [-0.2, 0) is 4.79 Å². The van der Waals surface area contributed by atoms with E-state index in [1.54, 1.807) is 0 Å². The predicted octanol–water partition coefficient (Wildman–Crippen LogP) is 0.967. The van der Waals surface area contributed by atoms with Crippen LogP contribution < -0.4 is 0 Å². The first kappa shape index (κ1) is 9.11. The molecule has 0 bridgehead atoms. The largest absolute Gasteiger partial charge is 0.385 e. The van der Waals surface area contributed by atoms with E-state index in [2.05, 4.69) is 15.9 Å². The van der Waals surface area contributed by atoms with Gasteiger partial charge in [0.25, 0.3) is 0 Å². The highest BCUT2D eigenvalue weighted by atomic mass is 79.9. The molecule has 9 heavy (non-hydrogen) atoms. The summed E-state index contributed by atoms with van der Waals surface area (Å²) < 4.78 is 0. The van der Waals surface area contributed by atoms with Crippen LogP contribution in [0.3, 0.4) is 0 Å². The van der Waals surface area contributed by atoms with E-state index in [0.29, 0.717) is 0 Å². The maximum Gasteiger partial charge on any atom is 0.171 e. The second kappa shape index (κ2) is 4.01. The number of carbonyl (C=O) groups is 1. The summed E-state index contributed by atoms with van der Waals surface area (Å²) in [5, 5.41) is 9.26. The second-order valence-electron chi connectivity index (χ2n) is 2.29. The average Bonchev–Trinajstić information content (AvgIpc) is 1.84. The Kier molecular flexibility index (Phi) is 4.06. The van der Waals surface area contributed by atoms with E-state index in [-0.39, 0.29) is 17.0 Å². The number of carbonyl (C=O) groups excluding carboxylic acids is 1. The van der Waals surface area contributed by atoms with Crippen molar-refractivity contribution in [1.29, 1.82) is 0 Å². The fourth-order valence-corrected chi connectivity index (χ4v) is 0.783. The Balaban J connectivity index is 3.72. The Bertz CT molecular complexity index is 101. The number of hydrogen-bond acceptors (Lipinski definition) is 2. The lowest BCUT2D eigenvalue weighted by Gasteiger charge is -2.10. The van der Waals surface area contributed by atoms with E-state index in [1.807, 2.05) is 13.8 Å². The summed E-state index contributed by atoms with van der Waals surface area (Å²) in [6, 6.07) is 0. The molecule has 0 fully saturated rings. The monoisotopic (exact) mass is 194 g/mol. The van der Waals surface area contributed by atoms with Gasteiger partial charge in [0.05, 0.1) is 5.33 Å². The molecule has 0 saturated heterocycles. The third-order valence-corrected chi connectivity index (χ3v) is 1.65. The first-order valence-corrected chi connectivity index (χ1v) is 3.98. The number of alkyl halides is 1. The number of ketones is 1. The fraction of sp³-hybridized carbons (Fsp3) is 0.833. The van der Waals surface area contributed by atoms with Crippen LogP contribution in [0.4, 0.5) is 0 Å². The summed E-state index contributed by atoms with van der Waals surface area (Å²) in [6.45, 7) is 3.62. The third kappa shape index (κ3) is 2.96. The van der Waals surface area contributed by atoms with Crippen molar-refractivity contribution >= 4 is 21.7 Å². The molecule has 1 N–H and O–H groups in total. The summed E-state index contributed by atoms with van der Waals surface area (Å²) in [5.41, 5.74) is 0. The lowest BCUT2D eigenvalue weighted by Crippen LogP contribution is -2.26. The molecule has 0 aromatic rings. The number of aliphatic hydroxyl groups excluding tert-OH is 1. The van der Waals surface area contributed by atoms with Gasteiger partial charge >= 0.3 is 0 Å². The topological polar surface area (TPSA) is 37.3 Å². The van der Waals surface area contributed by atoms with Gasteiger partial charge < -0.3 is 5.11 Å². The fourth-order valence-electron chi connectivity index (χ4n) is 0.451. The SMILES string of the molecule is CC(C)C(O)C(=O)CBr. The van der Waals surface area contributed by atoms with Crippen LogP contribution in [0, 0.1) is 5.92 Å². The first-order valence-electron chi connectivity index (χ1n) is 2.86. The van der Waals surface area contributed by atoms with E-state index < -0.39 is 6.10 Å². The van der Waals surface area contributed by atoms with E-state index in [1.165, 1.54) is 0 Å². The molecule has 3 heteroatoms. The van der Waals surface area contributed by atoms with Crippen LogP contribution in [0.25, 0.3) is 0 Å². The molecule has 0 aromatic carbocycles. The third-order valence-electron chi connectivity index (χ3n) is 1.09. The molecule has 0 aliphatic heterocycles. The maximum atomic E-state index is 10.7. The van der Waals surface area contributed by atoms with Gasteiger partial charge in [-0.2, -0.15) is 0 Å². The molecule has 0 saturated carbocycles. The van der Waals surface area contributed by atoms with Gasteiger partial charge in [-0.25, -0.2) is 0 Å². The normalized spacial score (nSPS) is 13.9. The lowest BCUT2D eigenvalue weighted by molar-refractivity contribution is -0.126. The number of hydrogen-bond donors (Lipinski definition) is 1. The van der Waals surface area contributed by atoms with Crippen molar-refractivity contribution in [2.75, 3.05) is 5.33 Å². The van der Waals surface area contributed by atoms with Gasteiger partial charge in [0, 0.05) is 0 Å². The summed E-state index contributed by atoms with van der Waals surface area (Å²) in [5.74, 6) is -0.125.